The molecule has 0 radical (unpaired) electrons. The van der Waals surface area contributed by atoms with Crippen LogP contribution < -0.4 is 14.9 Å². The first-order chi connectivity index (χ1) is 18.4. The largest absolute Gasteiger partial charge is 0.264 e. The highest BCUT2D eigenvalue weighted by Gasteiger charge is 2.17. The van der Waals surface area contributed by atoms with Crippen LogP contribution in [-0.2, 0) is 20.0 Å². The maximum absolute atomic E-state index is 12.7. The average Bonchev–Trinajstić information content (AvgIpc) is 2.83. The molecule has 2 aromatic carbocycles. The second kappa shape index (κ2) is 11.1. The van der Waals surface area contributed by atoms with Crippen LogP contribution in [0.3, 0.4) is 0 Å². The van der Waals surface area contributed by atoms with E-state index in [1.54, 1.807) is 39.8 Å². The highest BCUT2D eigenvalue weighted by atomic mass is 32.2. The summed E-state index contributed by atoms with van der Waals surface area (Å²) >= 11 is 0. The molecular weight excluding hydrogens is 542 g/mol. The van der Waals surface area contributed by atoms with Crippen molar-refractivity contribution in [3.63, 3.8) is 0 Å². The molecular formula is C24H25N9O4S2. The van der Waals surface area contributed by atoms with Crippen LogP contribution >= 0.6 is 0 Å². The van der Waals surface area contributed by atoms with E-state index in [1.807, 2.05) is 0 Å². The molecule has 0 unspecified atom stereocenters. The maximum Gasteiger partial charge on any atom is 0.264 e. The van der Waals surface area contributed by atoms with Crippen LogP contribution in [0.2, 0.25) is 0 Å². The number of rotatable bonds is 9. The van der Waals surface area contributed by atoms with E-state index in [0.29, 0.717) is 34.2 Å². The second-order valence-electron chi connectivity index (χ2n) is 8.49. The third-order valence-electron chi connectivity index (χ3n) is 5.07. The predicted molar refractivity (Wildman–Crippen MR) is 146 cm³/mol. The second-order valence-corrected chi connectivity index (χ2v) is 11.9. The summed E-state index contributed by atoms with van der Waals surface area (Å²) < 4.78 is 55.4. The molecule has 0 saturated carbocycles. The standard InChI is InChI=1S/C24H25N9O4S2/c1-15-13-16(2)26-23(25-15)31-38(34,35)21-9-5-19(6-10-21)29-33-30-20-7-11-22(12-8-20)39(36,37)32-24-27-17(3)14-18(4)28-24/h5-14H,1-4H3,(H,29,30)(H,25,26,31)(H,27,28,32). The van der Waals surface area contributed by atoms with Gasteiger partial charge in [-0.2, -0.15) is 0 Å². The summed E-state index contributed by atoms with van der Waals surface area (Å²) in [4.78, 5) is 16.4. The molecule has 39 heavy (non-hydrogen) atoms. The number of aromatic nitrogens is 4. The van der Waals surface area contributed by atoms with Crippen molar-refractivity contribution in [3.8, 4) is 0 Å². The summed E-state index contributed by atoms with van der Waals surface area (Å²) in [6.45, 7) is 6.99. The van der Waals surface area contributed by atoms with Crippen molar-refractivity contribution in [1.29, 1.82) is 0 Å². The van der Waals surface area contributed by atoms with Gasteiger partial charge in [-0.1, -0.05) is 5.22 Å². The van der Waals surface area contributed by atoms with Gasteiger partial charge in [0.15, 0.2) is 0 Å². The van der Waals surface area contributed by atoms with E-state index in [2.05, 4.69) is 45.1 Å². The molecule has 13 nitrogen and oxygen atoms in total. The number of benzene rings is 2. The highest BCUT2D eigenvalue weighted by Crippen LogP contribution is 2.20. The SMILES string of the molecule is Cc1cc(C)nc(NS(=O)(=O)c2ccc(N=NNc3ccc(S(=O)(=O)Nc4nc(C)cc(C)n4)cc3)cc2)n1. The van der Waals surface area contributed by atoms with Gasteiger partial charge in [-0.05, 0) is 88.4 Å². The molecule has 0 aliphatic heterocycles. The Morgan fingerprint density at radius 2 is 0.974 bits per heavy atom. The van der Waals surface area contributed by atoms with E-state index in [9.17, 15) is 16.8 Å². The number of nitrogens with zero attached hydrogens (tertiary/aromatic N) is 6. The van der Waals surface area contributed by atoms with Gasteiger partial charge in [-0.25, -0.2) is 46.2 Å². The van der Waals surface area contributed by atoms with Crippen molar-refractivity contribution >= 4 is 43.3 Å². The molecule has 4 rings (SSSR count). The van der Waals surface area contributed by atoms with Crippen LogP contribution in [-0.4, -0.2) is 36.8 Å². The molecule has 3 N–H and O–H groups in total. The van der Waals surface area contributed by atoms with Crippen molar-refractivity contribution in [2.75, 3.05) is 14.9 Å². The van der Waals surface area contributed by atoms with Gasteiger partial charge < -0.3 is 0 Å². The Bertz CT molecular complexity index is 1700. The maximum atomic E-state index is 12.7. The molecule has 0 aliphatic rings. The highest BCUT2D eigenvalue weighted by molar-refractivity contribution is 7.93. The van der Waals surface area contributed by atoms with Crippen LogP contribution in [0.4, 0.5) is 23.3 Å². The third-order valence-corrected chi connectivity index (χ3v) is 7.76. The van der Waals surface area contributed by atoms with Crippen LogP contribution in [0.15, 0.2) is 80.8 Å². The van der Waals surface area contributed by atoms with Crippen LogP contribution in [0, 0.1) is 27.7 Å². The Hall–Kier alpha value is -4.50. The van der Waals surface area contributed by atoms with Gasteiger partial charge in [0.1, 0.15) is 0 Å². The van der Waals surface area contributed by atoms with Gasteiger partial charge >= 0.3 is 0 Å². The molecule has 0 bridgehead atoms. The van der Waals surface area contributed by atoms with Crippen molar-refractivity contribution < 1.29 is 16.8 Å². The van der Waals surface area contributed by atoms with Crippen LogP contribution in [0.1, 0.15) is 22.8 Å². The number of sulfonamides is 2. The number of aryl methyl sites for hydroxylation is 4. The molecule has 0 amide bonds. The fraction of sp³-hybridized carbons (Fsp3) is 0.167. The van der Waals surface area contributed by atoms with Gasteiger partial charge in [0.2, 0.25) is 11.9 Å². The zero-order valence-corrected chi connectivity index (χ0v) is 23.0. The normalized spacial score (nSPS) is 11.9. The molecule has 0 atom stereocenters. The number of anilines is 3. The molecule has 15 heteroatoms. The Morgan fingerprint density at radius 1 is 0.590 bits per heavy atom. The van der Waals surface area contributed by atoms with Crippen molar-refractivity contribution in [2.24, 2.45) is 10.3 Å². The minimum absolute atomic E-state index is 0.00306. The van der Waals surface area contributed by atoms with Gasteiger partial charge in [0, 0.05) is 22.8 Å². The molecule has 0 saturated heterocycles. The van der Waals surface area contributed by atoms with Gasteiger partial charge in [0.25, 0.3) is 20.0 Å². The predicted octanol–water partition coefficient (Wildman–Crippen LogP) is 4.21. The molecule has 2 aromatic heterocycles. The Balaban J connectivity index is 1.37. The lowest BCUT2D eigenvalue weighted by atomic mass is 10.3. The quantitative estimate of drug-likeness (QED) is 0.197. The van der Waals surface area contributed by atoms with E-state index >= 15 is 0 Å². The Labute approximate surface area is 226 Å². The average molecular weight is 568 g/mol. The summed E-state index contributed by atoms with van der Waals surface area (Å²) in [6, 6.07) is 15.0. The zero-order chi connectivity index (χ0) is 28.2. The van der Waals surface area contributed by atoms with E-state index < -0.39 is 20.0 Å². The number of hydrogen-bond acceptors (Lipinski definition) is 10. The van der Waals surface area contributed by atoms with E-state index in [1.165, 1.54) is 48.5 Å². The van der Waals surface area contributed by atoms with Crippen molar-refractivity contribution in [2.45, 2.75) is 37.5 Å². The van der Waals surface area contributed by atoms with E-state index in [-0.39, 0.29) is 21.7 Å². The molecule has 0 fully saturated rings. The van der Waals surface area contributed by atoms with E-state index in [0.717, 1.165) is 0 Å². The van der Waals surface area contributed by atoms with Gasteiger partial charge in [-0.15, -0.1) is 5.11 Å². The summed E-state index contributed by atoms with van der Waals surface area (Å²) in [7, 11) is -7.78. The minimum atomic E-state index is -3.89. The zero-order valence-electron chi connectivity index (χ0n) is 21.4. The lowest BCUT2D eigenvalue weighted by Gasteiger charge is -2.08. The smallest absolute Gasteiger partial charge is 0.260 e. The fourth-order valence-corrected chi connectivity index (χ4v) is 5.33. The van der Waals surface area contributed by atoms with Crippen molar-refractivity contribution in [1.82, 2.24) is 19.9 Å². The van der Waals surface area contributed by atoms with Crippen LogP contribution in [0.25, 0.3) is 0 Å². The monoisotopic (exact) mass is 567 g/mol. The lowest BCUT2D eigenvalue weighted by Crippen LogP contribution is -2.15. The molecule has 202 valence electrons. The Kier molecular flexibility index (Phi) is 7.83. The van der Waals surface area contributed by atoms with Gasteiger partial charge in [-0.3, -0.25) is 5.43 Å². The summed E-state index contributed by atoms with van der Waals surface area (Å²) in [5.41, 5.74) is 6.14. The molecule has 0 spiro atoms. The topological polar surface area (TPSA) is 181 Å². The Morgan fingerprint density at radius 3 is 1.38 bits per heavy atom. The first-order valence-electron chi connectivity index (χ1n) is 11.5. The summed E-state index contributed by atoms with van der Waals surface area (Å²) in [6.07, 6.45) is 0. The van der Waals surface area contributed by atoms with Crippen LogP contribution in [0.5, 0.6) is 0 Å². The lowest BCUT2D eigenvalue weighted by molar-refractivity contribution is 0.599. The summed E-state index contributed by atoms with van der Waals surface area (Å²) in [5, 5.41) is 7.88. The minimum Gasteiger partial charge on any atom is -0.260 e. The van der Waals surface area contributed by atoms with E-state index in [4.69, 9.17) is 0 Å². The number of nitrogens with one attached hydrogen (secondary N) is 3. The first-order valence-corrected chi connectivity index (χ1v) is 14.4. The molecule has 2 heterocycles. The first kappa shape index (κ1) is 27.5. The molecule has 4 aromatic rings. The number of hydrogen-bond donors (Lipinski definition) is 3. The third kappa shape index (κ3) is 7.30. The molecule has 0 aliphatic carbocycles. The summed E-state index contributed by atoms with van der Waals surface area (Å²) in [5.74, 6) is -0.00893. The van der Waals surface area contributed by atoms with Crippen molar-refractivity contribution in [3.05, 3.63) is 83.4 Å². The van der Waals surface area contributed by atoms with Gasteiger partial charge in [0.05, 0.1) is 21.2 Å². The fourth-order valence-electron chi connectivity index (χ4n) is 3.44.